The van der Waals surface area contributed by atoms with Crippen LogP contribution in [0.4, 0.5) is 0 Å². The molecule has 0 saturated heterocycles. The van der Waals surface area contributed by atoms with E-state index in [-0.39, 0.29) is 5.78 Å². The molecule has 0 radical (unpaired) electrons. The molecular formula is C17H20O. The van der Waals surface area contributed by atoms with Crippen LogP contribution < -0.4 is 0 Å². The fourth-order valence-corrected chi connectivity index (χ4v) is 2.42. The molecular weight excluding hydrogens is 220 g/mol. The van der Waals surface area contributed by atoms with Crippen LogP contribution in [0.15, 0.2) is 42.5 Å². The predicted molar refractivity (Wildman–Crippen MR) is 77.0 cm³/mol. The number of rotatable bonds is 5. The summed E-state index contributed by atoms with van der Waals surface area (Å²) in [5, 5.41) is 2.23. The second kappa shape index (κ2) is 5.81. The van der Waals surface area contributed by atoms with Crippen molar-refractivity contribution in [1.29, 1.82) is 0 Å². The number of ketones is 1. The highest BCUT2D eigenvalue weighted by Gasteiger charge is 2.14. The van der Waals surface area contributed by atoms with Crippen LogP contribution in [0, 0.1) is 5.92 Å². The van der Waals surface area contributed by atoms with Gasteiger partial charge in [-0.1, -0.05) is 69.2 Å². The Bertz CT molecular complexity index is 533. The van der Waals surface area contributed by atoms with Crippen molar-refractivity contribution in [1.82, 2.24) is 0 Å². The minimum atomic E-state index is 0.278. The molecule has 0 aromatic heterocycles. The van der Waals surface area contributed by atoms with Gasteiger partial charge in [-0.05, 0) is 16.7 Å². The Morgan fingerprint density at radius 2 is 1.67 bits per heavy atom. The molecule has 2 aromatic rings. The summed E-state index contributed by atoms with van der Waals surface area (Å²) in [5.74, 6) is 0.789. The van der Waals surface area contributed by atoms with E-state index in [2.05, 4.69) is 26.0 Å². The predicted octanol–water partition coefficient (Wildman–Crippen LogP) is 4.85. The van der Waals surface area contributed by atoms with Crippen LogP contribution in [0.2, 0.25) is 0 Å². The van der Waals surface area contributed by atoms with Crippen LogP contribution in [-0.4, -0.2) is 5.78 Å². The molecule has 0 aliphatic heterocycles. The summed E-state index contributed by atoms with van der Waals surface area (Å²) in [6.07, 6.45) is 2.82. The molecule has 0 fully saturated rings. The highest BCUT2D eigenvalue weighted by molar-refractivity contribution is 6.08. The first kappa shape index (κ1) is 12.8. The number of carbonyl (C=O) groups is 1. The van der Waals surface area contributed by atoms with E-state index in [4.69, 9.17) is 0 Å². The van der Waals surface area contributed by atoms with Crippen molar-refractivity contribution >= 4 is 16.6 Å². The van der Waals surface area contributed by atoms with Gasteiger partial charge in [0.2, 0.25) is 0 Å². The Hall–Kier alpha value is -1.63. The van der Waals surface area contributed by atoms with Crippen LogP contribution in [0.3, 0.4) is 0 Å². The van der Waals surface area contributed by atoms with E-state index in [1.807, 2.05) is 30.3 Å². The molecule has 0 aliphatic rings. The number of fused-ring (bicyclic) bond motifs is 1. The van der Waals surface area contributed by atoms with Crippen LogP contribution in [0.5, 0.6) is 0 Å². The maximum Gasteiger partial charge on any atom is 0.163 e. The van der Waals surface area contributed by atoms with Crippen LogP contribution in [-0.2, 0) is 0 Å². The molecule has 2 rings (SSSR count). The molecule has 0 N–H and O–H groups in total. The van der Waals surface area contributed by atoms with E-state index in [0.29, 0.717) is 12.3 Å². The van der Waals surface area contributed by atoms with Crippen molar-refractivity contribution in [2.75, 3.05) is 0 Å². The SMILES string of the molecule is CCC(CC)CC(=O)c1cccc2ccccc12. The van der Waals surface area contributed by atoms with Crippen molar-refractivity contribution < 1.29 is 4.79 Å². The summed E-state index contributed by atoms with van der Waals surface area (Å²) >= 11 is 0. The van der Waals surface area contributed by atoms with Gasteiger partial charge in [-0.15, -0.1) is 0 Å². The number of carbonyl (C=O) groups excluding carboxylic acids is 1. The lowest BCUT2D eigenvalue weighted by atomic mass is 9.92. The highest BCUT2D eigenvalue weighted by Crippen LogP contribution is 2.22. The van der Waals surface area contributed by atoms with E-state index < -0.39 is 0 Å². The normalized spacial score (nSPS) is 11.1. The largest absolute Gasteiger partial charge is 0.294 e. The van der Waals surface area contributed by atoms with Gasteiger partial charge in [-0.3, -0.25) is 4.79 Å². The summed E-state index contributed by atoms with van der Waals surface area (Å²) in [5.41, 5.74) is 0.875. The molecule has 94 valence electrons. The van der Waals surface area contributed by atoms with Crippen LogP contribution >= 0.6 is 0 Å². The quantitative estimate of drug-likeness (QED) is 0.683. The minimum Gasteiger partial charge on any atom is -0.294 e. The average Bonchev–Trinajstić information content (AvgIpc) is 2.43. The van der Waals surface area contributed by atoms with Crippen molar-refractivity contribution in [2.45, 2.75) is 33.1 Å². The summed E-state index contributed by atoms with van der Waals surface area (Å²) in [6, 6.07) is 14.1. The number of hydrogen-bond acceptors (Lipinski definition) is 1. The first-order valence-corrected chi connectivity index (χ1v) is 6.77. The molecule has 1 heteroatoms. The molecule has 2 aromatic carbocycles. The Kier molecular flexibility index (Phi) is 4.14. The molecule has 0 amide bonds. The first-order chi connectivity index (χ1) is 8.76. The minimum absolute atomic E-state index is 0.278. The molecule has 0 unspecified atom stereocenters. The molecule has 0 heterocycles. The molecule has 0 spiro atoms. The number of Topliss-reactive ketones (excluding diaryl/α,β-unsaturated/α-hetero) is 1. The summed E-state index contributed by atoms with van der Waals surface area (Å²) in [6.45, 7) is 4.31. The maximum atomic E-state index is 12.4. The van der Waals surface area contributed by atoms with Gasteiger partial charge in [0.1, 0.15) is 0 Å². The van der Waals surface area contributed by atoms with Gasteiger partial charge < -0.3 is 0 Å². The average molecular weight is 240 g/mol. The lowest BCUT2D eigenvalue weighted by Crippen LogP contribution is -2.07. The second-order valence-corrected chi connectivity index (χ2v) is 4.84. The zero-order valence-electron chi connectivity index (χ0n) is 11.1. The Balaban J connectivity index is 2.33. The van der Waals surface area contributed by atoms with Gasteiger partial charge in [0.15, 0.2) is 5.78 Å². The van der Waals surface area contributed by atoms with Gasteiger partial charge in [0, 0.05) is 12.0 Å². The summed E-state index contributed by atoms with van der Waals surface area (Å²) in [4.78, 5) is 12.4. The van der Waals surface area contributed by atoms with Crippen LogP contribution in [0.1, 0.15) is 43.5 Å². The van der Waals surface area contributed by atoms with E-state index >= 15 is 0 Å². The topological polar surface area (TPSA) is 17.1 Å². The van der Waals surface area contributed by atoms with Gasteiger partial charge >= 0.3 is 0 Å². The Labute approximate surface area is 109 Å². The molecule has 0 bridgehead atoms. The smallest absolute Gasteiger partial charge is 0.163 e. The standard InChI is InChI=1S/C17H20O/c1-3-13(4-2)12-17(18)16-11-7-9-14-8-5-6-10-15(14)16/h5-11,13H,3-4,12H2,1-2H3. The summed E-state index contributed by atoms with van der Waals surface area (Å²) in [7, 11) is 0. The summed E-state index contributed by atoms with van der Waals surface area (Å²) < 4.78 is 0. The lowest BCUT2D eigenvalue weighted by Gasteiger charge is -2.12. The van der Waals surface area contributed by atoms with Gasteiger partial charge in [-0.2, -0.15) is 0 Å². The third-order valence-corrected chi connectivity index (χ3v) is 3.72. The van der Waals surface area contributed by atoms with Crippen molar-refractivity contribution in [3.63, 3.8) is 0 Å². The molecule has 18 heavy (non-hydrogen) atoms. The Morgan fingerprint density at radius 1 is 1.00 bits per heavy atom. The van der Waals surface area contributed by atoms with Crippen molar-refractivity contribution in [2.24, 2.45) is 5.92 Å². The third-order valence-electron chi connectivity index (χ3n) is 3.72. The van der Waals surface area contributed by atoms with E-state index in [1.54, 1.807) is 0 Å². The maximum absolute atomic E-state index is 12.4. The van der Waals surface area contributed by atoms with E-state index in [1.165, 1.54) is 0 Å². The zero-order valence-corrected chi connectivity index (χ0v) is 11.1. The number of hydrogen-bond donors (Lipinski definition) is 0. The second-order valence-electron chi connectivity index (χ2n) is 4.84. The van der Waals surface area contributed by atoms with E-state index in [0.717, 1.165) is 29.2 Å². The lowest BCUT2D eigenvalue weighted by molar-refractivity contribution is 0.0960. The van der Waals surface area contributed by atoms with Crippen molar-refractivity contribution in [3.8, 4) is 0 Å². The van der Waals surface area contributed by atoms with Crippen molar-refractivity contribution in [3.05, 3.63) is 48.0 Å². The van der Waals surface area contributed by atoms with Crippen LogP contribution in [0.25, 0.3) is 10.8 Å². The molecule has 0 atom stereocenters. The fraction of sp³-hybridized carbons (Fsp3) is 0.353. The first-order valence-electron chi connectivity index (χ1n) is 6.77. The Morgan fingerprint density at radius 3 is 2.39 bits per heavy atom. The third kappa shape index (κ3) is 2.61. The number of benzene rings is 2. The van der Waals surface area contributed by atoms with Gasteiger partial charge in [0.05, 0.1) is 0 Å². The fourth-order valence-electron chi connectivity index (χ4n) is 2.42. The van der Waals surface area contributed by atoms with Gasteiger partial charge in [-0.25, -0.2) is 0 Å². The van der Waals surface area contributed by atoms with Gasteiger partial charge in [0.25, 0.3) is 0 Å². The molecule has 0 saturated carbocycles. The van der Waals surface area contributed by atoms with E-state index in [9.17, 15) is 4.79 Å². The highest BCUT2D eigenvalue weighted by atomic mass is 16.1. The molecule has 0 aliphatic carbocycles. The zero-order chi connectivity index (χ0) is 13.0. The monoisotopic (exact) mass is 240 g/mol. The molecule has 1 nitrogen and oxygen atoms in total.